The van der Waals surface area contributed by atoms with Gasteiger partial charge in [-0.25, -0.2) is 0 Å². The van der Waals surface area contributed by atoms with E-state index in [0.29, 0.717) is 0 Å². The number of hydrogen-bond donors (Lipinski definition) is 0. The van der Waals surface area contributed by atoms with Gasteiger partial charge in [-0.15, -0.1) is 11.3 Å². The van der Waals surface area contributed by atoms with Crippen LogP contribution in [0.15, 0.2) is 30.3 Å². The van der Waals surface area contributed by atoms with Crippen LogP contribution >= 0.6 is 11.3 Å². The number of anilines is 1. The Morgan fingerprint density at radius 3 is 2.60 bits per heavy atom. The van der Waals surface area contributed by atoms with Crippen LogP contribution in [0.25, 0.3) is 0 Å². The molecule has 0 unspecified atom stereocenters. The van der Waals surface area contributed by atoms with Crippen molar-refractivity contribution in [2.24, 2.45) is 0 Å². The summed E-state index contributed by atoms with van der Waals surface area (Å²) in [5, 5.41) is 0. The number of ether oxygens (including phenoxy) is 1. The first kappa shape index (κ1) is 17.8. The quantitative estimate of drug-likeness (QED) is 0.810. The van der Waals surface area contributed by atoms with Gasteiger partial charge in [-0.1, -0.05) is 25.5 Å². The van der Waals surface area contributed by atoms with Gasteiger partial charge in [-0.2, -0.15) is 0 Å². The lowest BCUT2D eigenvalue weighted by molar-refractivity contribution is 0.0751. The van der Waals surface area contributed by atoms with Crippen LogP contribution in [0.1, 0.15) is 33.5 Å². The standard InChI is InChI=1S/C20H26N2O2S/c1-4-7-16-14-19(25-15(16)2)20(23)22-12-10-21(11-13-22)17-8-5-6-9-18(17)24-3/h5-6,8-9,14H,4,7,10-13H2,1-3H3. The minimum atomic E-state index is 0.176. The maximum atomic E-state index is 12.8. The number of amides is 1. The first-order valence-corrected chi connectivity index (χ1v) is 9.72. The van der Waals surface area contributed by atoms with E-state index < -0.39 is 0 Å². The third kappa shape index (κ3) is 3.82. The highest BCUT2D eigenvalue weighted by Crippen LogP contribution is 2.29. The highest BCUT2D eigenvalue weighted by molar-refractivity contribution is 7.14. The minimum absolute atomic E-state index is 0.176. The predicted molar refractivity (Wildman–Crippen MR) is 104 cm³/mol. The molecule has 1 saturated heterocycles. The van der Waals surface area contributed by atoms with E-state index in [9.17, 15) is 4.79 Å². The first-order valence-electron chi connectivity index (χ1n) is 8.90. The summed E-state index contributed by atoms with van der Waals surface area (Å²) in [6, 6.07) is 10.2. The summed E-state index contributed by atoms with van der Waals surface area (Å²) >= 11 is 1.63. The number of nitrogens with zero attached hydrogens (tertiary/aromatic N) is 2. The van der Waals surface area contributed by atoms with Crippen LogP contribution in [0, 0.1) is 6.92 Å². The topological polar surface area (TPSA) is 32.8 Å². The van der Waals surface area contributed by atoms with Crippen molar-refractivity contribution < 1.29 is 9.53 Å². The Bertz CT molecular complexity index is 733. The van der Waals surface area contributed by atoms with Gasteiger partial charge in [0.2, 0.25) is 0 Å². The molecule has 3 rings (SSSR count). The number of aryl methyl sites for hydroxylation is 2. The molecule has 1 aromatic carbocycles. The monoisotopic (exact) mass is 358 g/mol. The maximum Gasteiger partial charge on any atom is 0.264 e. The SMILES string of the molecule is CCCc1cc(C(=O)N2CCN(c3ccccc3OC)CC2)sc1C. The van der Waals surface area contributed by atoms with E-state index in [4.69, 9.17) is 4.74 Å². The maximum absolute atomic E-state index is 12.8. The molecule has 0 aliphatic carbocycles. The zero-order chi connectivity index (χ0) is 17.8. The van der Waals surface area contributed by atoms with Crippen molar-refractivity contribution in [2.75, 3.05) is 38.2 Å². The van der Waals surface area contributed by atoms with Gasteiger partial charge in [0.15, 0.2) is 0 Å². The number of hydrogen-bond acceptors (Lipinski definition) is 4. The summed E-state index contributed by atoms with van der Waals surface area (Å²) in [6.45, 7) is 7.45. The number of thiophene rings is 1. The lowest BCUT2D eigenvalue weighted by atomic mass is 10.1. The number of benzene rings is 1. The third-order valence-corrected chi connectivity index (χ3v) is 5.82. The molecule has 134 valence electrons. The molecule has 1 aromatic heterocycles. The Labute approximate surface area is 154 Å². The van der Waals surface area contributed by atoms with Crippen LogP contribution in [-0.4, -0.2) is 44.1 Å². The average Bonchev–Trinajstić information content (AvgIpc) is 3.02. The Morgan fingerprint density at radius 1 is 1.20 bits per heavy atom. The van der Waals surface area contributed by atoms with Crippen molar-refractivity contribution in [1.29, 1.82) is 0 Å². The fourth-order valence-corrected chi connectivity index (χ4v) is 4.38. The molecule has 4 nitrogen and oxygen atoms in total. The smallest absolute Gasteiger partial charge is 0.264 e. The Hall–Kier alpha value is -2.01. The van der Waals surface area contributed by atoms with Crippen molar-refractivity contribution in [1.82, 2.24) is 4.90 Å². The van der Waals surface area contributed by atoms with Crippen molar-refractivity contribution in [3.63, 3.8) is 0 Å². The Balaban J connectivity index is 1.65. The summed E-state index contributed by atoms with van der Waals surface area (Å²) in [6.07, 6.45) is 2.17. The summed E-state index contributed by atoms with van der Waals surface area (Å²) in [7, 11) is 1.70. The van der Waals surface area contributed by atoms with Crippen molar-refractivity contribution >= 4 is 22.9 Å². The largest absolute Gasteiger partial charge is 0.495 e. The van der Waals surface area contributed by atoms with Crippen molar-refractivity contribution in [3.05, 3.63) is 45.6 Å². The molecule has 0 N–H and O–H groups in total. The molecule has 0 bridgehead atoms. The third-order valence-electron chi connectivity index (χ3n) is 4.74. The second-order valence-corrected chi connectivity index (χ2v) is 7.65. The van der Waals surface area contributed by atoms with Gasteiger partial charge in [-0.3, -0.25) is 4.79 Å². The average molecular weight is 359 g/mol. The van der Waals surface area contributed by atoms with Crippen molar-refractivity contribution in [2.45, 2.75) is 26.7 Å². The van der Waals surface area contributed by atoms with E-state index in [1.54, 1.807) is 18.4 Å². The summed E-state index contributed by atoms with van der Waals surface area (Å²) in [5.41, 5.74) is 2.43. The molecule has 0 spiro atoms. The van der Waals surface area contributed by atoms with E-state index in [1.807, 2.05) is 23.1 Å². The van der Waals surface area contributed by atoms with Crippen LogP contribution in [0.5, 0.6) is 5.75 Å². The normalized spacial score (nSPS) is 14.7. The second-order valence-electron chi connectivity index (χ2n) is 6.39. The van der Waals surface area contributed by atoms with Gasteiger partial charge in [0.25, 0.3) is 5.91 Å². The van der Waals surface area contributed by atoms with Gasteiger partial charge in [0.1, 0.15) is 5.75 Å². The lowest BCUT2D eigenvalue weighted by Gasteiger charge is -2.36. The van der Waals surface area contributed by atoms with Gasteiger partial charge < -0.3 is 14.5 Å². The van der Waals surface area contributed by atoms with Crippen LogP contribution in [0.4, 0.5) is 5.69 Å². The molecular formula is C20H26N2O2S. The zero-order valence-corrected chi connectivity index (χ0v) is 16.1. The first-order chi connectivity index (χ1) is 12.1. The molecule has 25 heavy (non-hydrogen) atoms. The molecule has 5 heteroatoms. The van der Waals surface area contributed by atoms with Crippen LogP contribution in [0.2, 0.25) is 0 Å². The van der Waals surface area contributed by atoms with Gasteiger partial charge >= 0.3 is 0 Å². The fraction of sp³-hybridized carbons (Fsp3) is 0.450. The van der Waals surface area contributed by atoms with Gasteiger partial charge in [0.05, 0.1) is 17.7 Å². The molecule has 2 aromatic rings. The highest BCUT2D eigenvalue weighted by atomic mass is 32.1. The summed E-state index contributed by atoms with van der Waals surface area (Å²) in [5.74, 6) is 1.07. The van der Waals surface area contributed by atoms with Crippen LogP contribution < -0.4 is 9.64 Å². The molecular weight excluding hydrogens is 332 g/mol. The van der Waals surface area contributed by atoms with Gasteiger partial charge in [0, 0.05) is 31.1 Å². The Kier molecular flexibility index (Phi) is 5.63. The van der Waals surface area contributed by atoms with Crippen LogP contribution in [-0.2, 0) is 6.42 Å². The van der Waals surface area contributed by atoms with Gasteiger partial charge in [-0.05, 0) is 37.1 Å². The molecule has 1 amide bonds. The Morgan fingerprint density at radius 2 is 1.92 bits per heavy atom. The molecule has 1 aliphatic rings. The number of carbonyl (C=O) groups is 1. The van der Waals surface area contributed by atoms with E-state index in [-0.39, 0.29) is 5.91 Å². The second kappa shape index (κ2) is 7.91. The molecule has 1 aliphatic heterocycles. The predicted octanol–water partition coefficient (Wildman–Crippen LogP) is 3.98. The molecule has 0 radical (unpaired) electrons. The molecule has 2 heterocycles. The molecule has 1 fully saturated rings. The van der Waals surface area contributed by atoms with Crippen LogP contribution in [0.3, 0.4) is 0 Å². The zero-order valence-electron chi connectivity index (χ0n) is 15.2. The summed E-state index contributed by atoms with van der Waals surface area (Å²) in [4.78, 5) is 19.3. The van der Waals surface area contributed by atoms with Crippen molar-refractivity contribution in [3.8, 4) is 5.75 Å². The van der Waals surface area contributed by atoms with E-state index in [2.05, 4.69) is 30.9 Å². The number of methoxy groups -OCH3 is 1. The number of carbonyl (C=O) groups excluding carboxylic acids is 1. The molecule has 0 saturated carbocycles. The minimum Gasteiger partial charge on any atom is -0.495 e. The lowest BCUT2D eigenvalue weighted by Crippen LogP contribution is -2.48. The van der Waals surface area contributed by atoms with E-state index in [0.717, 1.165) is 55.3 Å². The molecule has 0 atom stereocenters. The number of piperazine rings is 1. The number of rotatable bonds is 5. The fourth-order valence-electron chi connectivity index (χ4n) is 3.34. The highest BCUT2D eigenvalue weighted by Gasteiger charge is 2.25. The number of para-hydroxylation sites is 2. The van der Waals surface area contributed by atoms with E-state index in [1.165, 1.54) is 10.4 Å². The van der Waals surface area contributed by atoms with E-state index >= 15 is 0 Å². The summed E-state index contributed by atoms with van der Waals surface area (Å²) < 4.78 is 5.46.